The highest BCUT2D eigenvalue weighted by molar-refractivity contribution is 5.90. The molecule has 5 rings (SSSR count). The first-order chi connectivity index (χ1) is 16.4. The van der Waals surface area contributed by atoms with Crippen LogP contribution in [0.25, 0.3) is 0 Å². The predicted molar refractivity (Wildman–Crippen MR) is 114 cm³/mol. The van der Waals surface area contributed by atoms with Crippen LogP contribution in [0.1, 0.15) is 23.3 Å². The summed E-state index contributed by atoms with van der Waals surface area (Å²) in [6.45, 7) is 0. The average Bonchev–Trinajstić information content (AvgIpc) is 3.27. The van der Waals surface area contributed by atoms with Crippen LogP contribution in [0.5, 0.6) is 17.2 Å². The highest BCUT2D eigenvalue weighted by Crippen LogP contribution is 2.58. The monoisotopic (exact) mass is 468 g/mol. The van der Waals surface area contributed by atoms with Crippen molar-refractivity contribution in [3.05, 3.63) is 53.5 Å². The van der Waals surface area contributed by atoms with Gasteiger partial charge in [0.05, 0.1) is 31.7 Å². The van der Waals surface area contributed by atoms with E-state index in [-0.39, 0.29) is 29.0 Å². The topological polar surface area (TPSA) is 141 Å². The summed E-state index contributed by atoms with van der Waals surface area (Å²) in [6.07, 6.45) is -1.24. The maximum atomic E-state index is 14.3. The Labute approximate surface area is 191 Å². The van der Waals surface area contributed by atoms with Crippen molar-refractivity contribution in [3.8, 4) is 17.2 Å². The minimum Gasteiger partial charge on any atom is -0.508 e. The van der Waals surface area contributed by atoms with Crippen molar-refractivity contribution in [2.24, 2.45) is 0 Å². The summed E-state index contributed by atoms with van der Waals surface area (Å²) in [5, 5.41) is 15.3. The number of aromatic nitrogens is 2. The van der Waals surface area contributed by atoms with Gasteiger partial charge in [0, 0.05) is 17.3 Å². The number of hydrogen-bond acceptors (Lipinski definition) is 11. The van der Waals surface area contributed by atoms with E-state index in [0.717, 1.165) is 6.20 Å². The molecule has 4 bridgehead atoms. The lowest BCUT2D eigenvalue weighted by atomic mass is 10.0. The molecule has 0 saturated heterocycles. The second-order valence-electron chi connectivity index (χ2n) is 7.32. The van der Waals surface area contributed by atoms with E-state index in [9.17, 15) is 19.1 Å². The molecule has 174 valence electrons. The second-order valence-corrected chi connectivity index (χ2v) is 7.32. The Hall–Kier alpha value is -4.61. The largest absolute Gasteiger partial charge is 0.508 e. The molecule has 3 N–H and O–H groups in total. The number of carbonyl (C=O) groups excluding carboxylic acids is 2. The lowest BCUT2D eigenvalue weighted by Gasteiger charge is -2.13. The number of nitrogens with zero attached hydrogens (tertiary/aromatic N) is 2. The molecule has 3 aromatic rings. The van der Waals surface area contributed by atoms with Crippen LogP contribution in [0.3, 0.4) is 0 Å². The van der Waals surface area contributed by atoms with Gasteiger partial charge in [0.1, 0.15) is 5.75 Å². The number of phenolic OH excluding ortho intramolecular Hbond substituents is 1. The van der Waals surface area contributed by atoms with Crippen LogP contribution in [0.4, 0.5) is 27.5 Å². The molecule has 0 fully saturated rings. The van der Waals surface area contributed by atoms with Gasteiger partial charge >= 0.3 is 11.9 Å². The van der Waals surface area contributed by atoms with E-state index in [4.69, 9.17) is 18.9 Å². The minimum atomic E-state index is -1.12. The first kappa shape index (κ1) is 21.2. The smallest absolute Gasteiger partial charge is 0.352 e. The molecule has 2 unspecified atom stereocenters. The number of rotatable bonds is 6. The molecule has 2 atom stereocenters. The number of esters is 2. The van der Waals surface area contributed by atoms with Gasteiger partial charge in [-0.3, -0.25) is 0 Å². The number of benzene rings is 2. The molecular weight excluding hydrogens is 451 g/mol. The van der Waals surface area contributed by atoms with Gasteiger partial charge in [0.25, 0.3) is 0 Å². The molecule has 0 spiro atoms. The molecule has 0 radical (unpaired) electrons. The number of hydrogen-bond donors (Lipinski definition) is 3. The summed E-state index contributed by atoms with van der Waals surface area (Å²) in [6, 6.07) is 7.65. The van der Waals surface area contributed by atoms with E-state index >= 15 is 0 Å². The van der Waals surface area contributed by atoms with Crippen molar-refractivity contribution >= 4 is 35.1 Å². The van der Waals surface area contributed by atoms with Gasteiger partial charge in [-0.25, -0.2) is 19.0 Å². The molecule has 0 saturated carbocycles. The zero-order chi connectivity index (χ0) is 24.0. The summed E-state index contributed by atoms with van der Waals surface area (Å²) in [5.74, 6) is -1.86. The van der Waals surface area contributed by atoms with Crippen LogP contribution in [0.2, 0.25) is 0 Å². The average molecular weight is 468 g/mol. The Morgan fingerprint density at radius 2 is 1.79 bits per heavy atom. The zero-order valence-corrected chi connectivity index (χ0v) is 17.8. The number of methoxy groups -OCH3 is 2. The van der Waals surface area contributed by atoms with Gasteiger partial charge in [-0.2, -0.15) is 4.98 Å². The number of phenols is 1. The minimum absolute atomic E-state index is 0.00291. The highest BCUT2D eigenvalue weighted by atomic mass is 19.1. The fraction of sp³-hybridized carbons (Fsp3) is 0.182. The summed E-state index contributed by atoms with van der Waals surface area (Å²) in [7, 11) is 2.44. The molecule has 2 aliphatic rings. The van der Waals surface area contributed by atoms with Crippen molar-refractivity contribution in [1.29, 1.82) is 0 Å². The van der Waals surface area contributed by atoms with E-state index in [0.29, 0.717) is 22.5 Å². The Balaban J connectivity index is 1.49. The summed E-state index contributed by atoms with van der Waals surface area (Å²) in [5.41, 5.74) is 1.45. The Bertz CT molecular complexity index is 1330. The molecule has 34 heavy (non-hydrogen) atoms. The third-order valence-electron chi connectivity index (χ3n) is 5.25. The number of aromatic hydroxyl groups is 1. The fourth-order valence-corrected chi connectivity index (χ4v) is 3.76. The normalized spacial score (nSPS) is 16.9. The summed E-state index contributed by atoms with van der Waals surface area (Å²) >= 11 is 0. The molecule has 11 nitrogen and oxygen atoms in total. The number of carbonyl (C=O) groups is 2. The molecule has 1 aromatic heterocycles. The standard InChI is InChI=1S/C22H17FN4O7/c1-31-20(29)15-11-7-13(16-17(33-15)14(11)18(34-16)21(30)32-2)26-22-24-8-12(23)19(27-22)25-9-4-3-5-10(28)6-9/h3-8,15,18,28H,1-2H3,(H2,24,25,26,27). The van der Waals surface area contributed by atoms with Crippen molar-refractivity contribution in [2.75, 3.05) is 24.9 Å². The summed E-state index contributed by atoms with van der Waals surface area (Å²) in [4.78, 5) is 32.5. The van der Waals surface area contributed by atoms with Gasteiger partial charge < -0.3 is 34.7 Å². The third-order valence-corrected chi connectivity index (χ3v) is 5.25. The van der Waals surface area contributed by atoms with Gasteiger partial charge in [0.2, 0.25) is 18.2 Å². The molecule has 0 amide bonds. The number of nitrogens with one attached hydrogen (secondary N) is 2. The van der Waals surface area contributed by atoms with Crippen LogP contribution < -0.4 is 20.1 Å². The van der Waals surface area contributed by atoms with E-state index in [1.807, 2.05) is 0 Å². The first-order valence-electron chi connectivity index (χ1n) is 9.95. The Kier molecular flexibility index (Phi) is 5.04. The molecule has 12 heteroatoms. The van der Waals surface area contributed by atoms with Gasteiger partial charge in [0.15, 0.2) is 23.1 Å². The SMILES string of the molecule is COC(=O)C1Oc2c3c(Nc4ncc(F)c(Nc5cccc(O)c5)n4)cc1c2C(C(=O)OC)O3. The van der Waals surface area contributed by atoms with Crippen LogP contribution in [-0.4, -0.2) is 41.2 Å². The van der Waals surface area contributed by atoms with Crippen molar-refractivity contribution in [2.45, 2.75) is 12.2 Å². The van der Waals surface area contributed by atoms with E-state index in [2.05, 4.69) is 20.6 Å². The second kappa shape index (κ2) is 8.06. The highest BCUT2D eigenvalue weighted by Gasteiger charge is 2.49. The first-order valence-corrected chi connectivity index (χ1v) is 9.95. The van der Waals surface area contributed by atoms with E-state index < -0.39 is 30.0 Å². The number of anilines is 4. The Morgan fingerprint density at radius 3 is 2.53 bits per heavy atom. The van der Waals surface area contributed by atoms with Crippen molar-refractivity contribution < 1.29 is 38.0 Å². The van der Waals surface area contributed by atoms with Gasteiger partial charge in [-0.1, -0.05) is 6.07 Å². The van der Waals surface area contributed by atoms with Crippen molar-refractivity contribution in [3.63, 3.8) is 0 Å². The molecule has 0 aliphatic carbocycles. The lowest BCUT2D eigenvalue weighted by molar-refractivity contribution is -0.150. The van der Waals surface area contributed by atoms with Crippen molar-refractivity contribution in [1.82, 2.24) is 9.97 Å². The number of ether oxygens (including phenoxy) is 4. The number of halogens is 1. The summed E-state index contributed by atoms with van der Waals surface area (Å²) < 4.78 is 35.4. The zero-order valence-electron chi connectivity index (χ0n) is 17.8. The molecule has 2 aromatic carbocycles. The maximum Gasteiger partial charge on any atom is 0.352 e. The lowest BCUT2D eigenvalue weighted by Crippen LogP contribution is -2.20. The Morgan fingerprint density at radius 1 is 1.06 bits per heavy atom. The van der Waals surface area contributed by atoms with Crippen LogP contribution in [0, 0.1) is 5.82 Å². The van der Waals surface area contributed by atoms with Crippen LogP contribution in [-0.2, 0) is 19.1 Å². The molecular formula is C22H17FN4O7. The fourth-order valence-electron chi connectivity index (χ4n) is 3.76. The van der Waals surface area contributed by atoms with Gasteiger partial charge in [-0.15, -0.1) is 0 Å². The molecule has 2 aliphatic heterocycles. The predicted octanol–water partition coefficient (Wildman–Crippen LogP) is 3.02. The molecule has 3 heterocycles. The maximum absolute atomic E-state index is 14.3. The van der Waals surface area contributed by atoms with E-state index in [1.54, 1.807) is 18.2 Å². The van der Waals surface area contributed by atoms with Crippen LogP contribution >= 0.6 is 0 Å². The third kappa shape index (κ3) is 3.45. The quantitative estimate of drug-likeness (QED) is 0.460. The van der Waals surface area contributed by atoms with Crippen LogP contribution in [0.15, 0.2) is 36.5 Å². The van der Waals surface area contributed by atoms with E-state index in [1.165, 1.54) is 26.4 Å². The van der Waals surface area contributed by atoms with Gasteiger partial charge in [-0.05, 0) is 18.2 Å².